The van der Waals surface area contributed by atoms with E-state index >= 15 is 4.39 Å². The third kappa shape index (κ3) is 3.33. The Balaban J connectivity index is 1.42. The monoisotopic (exact) mass is 463 g/mol. The molecule has 0 aliphatic carbocycles. The zero-order valence-electron chi connectivity index (χ0n) is 19.9. The number of halogens is 1. The van der Waals surface area contributed by atoms with Crippen LogP contribution in [-0.2, 0) is 0 Å². The molecule has 1 N–H and O–H groups in total. The van der Waals surface area contributed by atoms with Crippen LogP contribution in [-0.4, -0.2) is 68.8 Å². The van der Waals surface area contributed by atoms with Crippen LogP contribution in [0.15, 0.2) is 24.8 Å². The Bertz CT molecular complexity index is 1350. The molecule has 8 nitrogen and oxygen atoms in total. The molecule has 2 aliphatic rings. The van der Waals surface area contributed by atoms with Crippen molar-refractivity contribution < 1.29 is 9.13 Å². The number of nitrogens with one attached hydrogen (secondary N) is 1. The second-order valence-electron chi connectivity index (χ2n) is 9.69. The highest BCUT2D eigenvalue weighted by Gasteiger charge is 2.30. The summed E-state index contributed by atoms with van der Waals surface area (Å²) in [5.74, 6) is 0.946. The highest BCUT2D eigenvalue weighted by atomic mass is 19.1. The van der Waals surface area contributed by atoms with Gasteiger partial charge in [0.1, 0.15) is 6.33 Å². The number of pyridine rings is 2. The zero-order valence-corrected chi connectivity index (χ0v) is 19.9. The summed E-state index contributed by atoms with van der Waals surface area (Å²) in [6.45, 7) is 8.28. The number of aromatic nitrogens is 5. The van der Waals surface area contributed by atoms with E-state index in [2.05, 4.69) is 43.7 Å². The second kappa shape index (κ2) is 8.23. The second-order valence-corrected chi connectivity index (χ2v) is 9.69. The van der Waals surface area contributed by atoms with Crippen molar-refractivity contribution in [2.75, 3.05) is 38.2 Å². The summed E-state index contributed by atoms with van der Waals surface area (Å²) in [4.78, 5) is 16.9. The normalized spacial score (nSPS) is 17.7. The minimum absolute atomic E-state index is 0.100. The molecule has 0 atom stereocenters. The van der Waals surface area contributed by atoms with Gasteiger partial charge in [0.25, 0.3) is 0 Å². The summed E-state index contributed by atoms with van der Waals surface area (Å²) in [5, 5.41) is 4.90. The van der Waals surface area contributed by atoms with Crippen LogP contribution in [0.4, 0.5) is 10.2 Å². The van der Waals surface area contributed by atoms with Crippen LogP contribution in [0.2, 0.25) is 0 Å². The highest BCUT2D eigenvalue weighted by Crippen LogP contribution is 2.40. The number of H-pyrrole nitrogens is 1. The summed E-state index contributed by atoms with van der Waals surface area (Å²) >= 11 is 0. The number of rotatable bonds is 5. The molecule has 9 heteroatoms. The maximum Gasteiger partial charge on any atom is 0.197 e. The van der Waals surface area contributed by atoms with E-state index in [-0.39, 0.29) is 11.7 Å². The molecule has 4 aromatic heterocycles. The van der Waals surface area contributed by atoms with E-state index in [9.17, 15) is 0 Å². The maximum atomic E-state index is 16.1. The maximum absolute atomic E-state index is 16.1. The Morgan fingerprint density at radius 3 is 2.62 bits per heavy atom. The Hall–Kier alpha value is -3.20. The van der Waals surface area contributed by atoms with E-state index in [1.54, 1.807) is 17.8 Å². The quantitative estimate of drug-likeness (QED) is 0.478. The Kier molecular flexibility index (Phi) is 5.17. The van der Waals surface area contributed by atoms with Gasteiger partial charge in [0.15, 0.2) is 23.0 Å². The van der Waals surface area contributed by atoms with Gasteiger partial charge in [-0.25, -0.2) is 18.9 Å². The van der Waals surface area contributed by atoms with Crippen molar-refractivity contribution in [3.63, 3.8) is 0 Å². The Morgan fingerprint density at radius 2 is 1.94 bits per heavy atom. The predicted octanol–water partition coefficient (Wildman–Crippen LogP) is 4.22. The molecular weight excluding hydrogens is 433 g/mol. The molecule has 2 fully saturated rings. The molecular formula is C25H30FN7O. The fourth-order valence-corrected chi connectivity index (χ4v) is 5.52. The van der Waals surface area contributed by atoms with Gasteiger partial charge in [-0.2, -0.15) is 5.10 Å². The number of hydrogen-bond acceptors (Lipinski definition) is 6. The molecule has 4 aromatic rings. The van der Waals surface area contributed by atoms with Crippen molar-refractivity contribution >= 4 is 22.4 Å². The number of anilines is 1. The average molecular weight is 464 g/mol. The number of methoxy groups -OCH3 is 1. The molecule has 0 spiro atoms. The number of aromatic amines is 1. The minimum Gasteiger partial charge on any atom is -0.493 e. The Labute approximate surface area is 197 Å². The molecule has 6 heterocycles. The number of hydrogen-bond donors (Lipinski definition) is 1. The lowest BCUT2D eigenvalue weighted by Gasteiger charge is -2.43. The van der Waals surface area contributed by atoms with Crippen LogP contribution in [0, 0.1) is 5.82 Å². The van der Waals surface area contributed by atoms with Gasteiger partial charge in [0.2, 0.25) is 0 Å². The first-order valence-electron chi connectivity index (χ1n) is 12.1. The lowest BCUT2D eigenvalue weighted by atomic mass is 9.96. The summed E-state index contributed by atoms with van der Waals surface area (Å²) in [5.41, 5.74) is 4.01. The van der Waals surface area contributed by atoms with Gasteiger partial charge in [0, 0.05) is 36.3 Å². The van der Waals surface area contributed by atoms with Crippen molar-refractivity contribution in [1.82, 2.24) is 29.5 Å². The van der Waals surface area contributed by atoms with Gasteiger partial charge in [-0.3, -0.25) is 0 Å². The molecule has 0 radical (unpaired) electrons. The number of fused-ring (bicyclic) bond motifs is 2. The molecule has 0 amide bonds. The first-order valence-corrected chi connectivity index (χ1v) is 12.1. The van der Waals surface area contributed by atoms with E-state index < -0.39 is 0 Å². The molecule has 2 aliphatic heterocycles. The molecule has 0 saturated carbocycles. The van der Waals surface area contributed by atoms with Crippen molar-refractivity contribution in [2.45, 2.75) is 45.1 Å². The lowest BCUT2D eigenvalue weighted by Crippen LogP contribution is -2.50. The molecule has 0 unspecified atom stereocenters. The third-order valence-electron chi connectivity index (χ3n) is 7.40. The number of piperidine rings is 1. The molecule has 6 rings (SSSR count). The minimum atomic E-state index is -0.236. The van der Waals surface area contributed by atoms with E-state index in [4.69, 9.17) is 4.74 Å². The van der Waals surface area contributed by atoms with Crippen molar-refractivity contribution in [2.24, 2.45) is 0 Å². The number of likely N-dealkylation sites (tertiary alicyclic amines) is 1. The summed E-state index contributed by atoms with van der Waals surface area (Å²) in [7, 11) is 1.61. The average Bonchev–Trinajstić information content (AvgIpc) is 3.43. The Morgan fingerprint density at radius 1 is 1.15 bits per heavy atom. The smallest absolute Gasteiger partial charge is 0.197 e. The van der Waals surface area contributed by atoms with Gasteiger partial charge in [0.05, 0.1) is 24.5 Å². The van der Waals surface area contributed by atoms with Gasteiger partial charge in [-0.1, -0.05) is 13.8 Å². The van der Waals surface area contributed by atoms with Crippen LogP contribution in [0.25, 0.3) is 27.8 Å². The van der Waals surface area contributed by atoms with Crippen molar-refractivity contribution in [3.05, 3.63) is 36.2 Å². The number of ether oxygens (including phenoxy) is 1. The molecule has 2 saturated heterocycles. The SMILES string of the molecule is COc1cc(-c2[nH]c3cnc(N4CCC(N5CCC5)CC4)c(F)c3c2C(C)C)cn2ncnc12. The largest absolute Gasteiger partial charge is 0.493 e. The van der Waals surface area contributed by atoms with E-state index in [1.807, 2.05) is 12.3 Å². The standard InChI is InChI=1S/C25H30FN7O/c1-15(2)20-21-18(30-23(20)16-11-19(34-3)24-28-14-29-33(24)13-16)12-27-25(22(21)26)32-9-5-17(6-10-32)31-7-4-8-31/h11-15,17,30H,4-10H2,1-3H3. The highest BCUT2D eigenvalue weighted by molar-refractivity contribution is 5.93. The van der Waals surface area contributed by atoms with Crippen LogP contribution in [0.3, 0.4) is 0 Å². The fourth-order valence-electron chi connectivity index (χ4n) is 5.52. The van der Waals surface area contributed by atoms with E-state index in [1.165, 1.54) is 25.8 Å². The molecule has 178 valence electrons. The number of nitrogens with zero attached hydrogens (tertiary/aromatic N) is 6. The summed E-state index contributed by atoms with van der Waals surface area (Å²) in [6, 6.07) is 2.55. The first-order chi connectivity index (χ1) is 16.5. The molecule has 0 aromatic carbocycles. The lowest BCUT2D eigenvalue weighted by molar-refractivity contribution is 0.0999. The topological polar surface area (TPSA) is 74.6 Å². The van der Waals surface area contributed by atoms with E-state index in [0.717, 1.165) is 42.8 Å². The molecule has 34 heavy (non-hydrogen) atoms. The predicted molar refractivity (Wildman–Crippen MR) is 130 cm³/mol. The van der Waals surface area contributed by atoms with Crippen molar-refractivity contribution in [3.8, 4) is 17.0 Å². The van der Waals surface area contributed by atoms with Crippen LogP contribution < -0.4 is 9.64 Å². The molecule has 0 bridgehead atoms. The summed E-state index contributed by atoms with van der Waals surface area (Å²) < 4.78 is 23.3. The van der Waals surface area contributed by atoms with Gasteiger partial charge in [-0.15, -0.1) is 0 Å². The van der Waals surface area contributed by atoms with E-state index in [0.29, 0.717) is 34.2 Å². The van der Waals surface area contributed by atoms with Crippen molar-refractivity contribution in [1.29, 1.82) is 0 Å². The fraction of sp³-hybridized carbons (Fsp3) is 0.480. The van der Waals surface area contributed by atoms with Crippen LogP contribution >= 0.6 is 0 Å². The van der Waals surface area contributed by atoms with Crippen LogP contribution in [0.1, 0.15) is 44.6 Å². The van der Waals surface area contributed by atoms with Gasteiger partial charge < -0.3 is 19.5 Å². The van der Waals surface area contributed by atoms with Gasteiger partial charge in [-0.05, 0) is 49.9 Å². The van der Waals surface area contributed by atoms with Gasteiger partial charge >= 0.3 is 0 Å². The van der Waals surface area contributed by atoms with Crippen LogP contribution in [0.5, 0.6) is 5.75 Å². The third-order valence-corrected chi connectivity index (χ3v) is 7.40. The summed E-state index contributed by atoms with van der Waals surface area (Å²) in [6.07, 6.45) is 8.59. The zero-order chi connectivity index (χ0) is 23.4. The first kappa shape index (κ1) is 21.3.